The molecule has 0 heterocycles. The molecule has 3 rings (SSSR count). The summed E-state index contributed by atoms with van der Waals surface area (Å²) in [6.07, 6.45) is 2.07. The predicted molar refractivity (Wildman–Crippen MR) is 158 cm³/mol. The van der Waals surface area contributed by atoms with Crippen LogP contribution in [0, 0.1) is 0 Å². The summed E-state index contributed by atoms with van der Waals surface area (Å²) in [5.41, 5.74) is 0.940. The second kappa shape index (κ2) is 14.7. The van der Waals surface area contributed by atoms with Gasteiger partial charge in [0.15, 0.2) is 0 Å². The Bertz CT molecular complexity index is 1370. The Kier molecular flexibility index (Phi) is 11.4. The van der Waals surface area contributed by atoms with E-state index in [1.807, 2.05) is 26.0 Å². The quantitative estimate of drug-likeness (QED) is 0.260. The Morgan fingerprint density at radius 2 is 1.60 bits per heavy atom. The average Bonchev–Trinajstić information content (AvgIpc) is 2.97. The first-order valence-electron chi connectivity index (χ1n) is 13.2. The number of benzene rings is 3. The summed E-state index contributed by atoms with van der Waals surface area (Å²) in [7, 11) is -2.61. The van der Waals surface area contributed by atoms with Gasteiger partial charge in [0.25, 0.3) is 10.0 Å². The first-order chi connectivity index (χ1) is 19.2. The van der Waals surface area contributed by atoms with Crippen LogP contribution in [-0.4, -0.2) is 51.4 Å². The van der Waals surface area contributed by atoms with Crippen molar-refractivity contribution in [3.63, 3.8) is 0 Å². The molecule has 0 unspecified atom stereocenters. The van der Waals surface area contributed by atoms with E-state index in [0.29, 0.717) is 18.7 Å². The Hall–Kier alpha value is -3.56. The molecule has 0 bridgehead atoms. The lowest BCUT2D eigenvalue weighted by Gasteiger charge is -2.33. The first kappa shape index (κ1) is 31.0. The smallest absolute Gasteiger partial charge is 0.264 e. The zero-order valence-corrected chi connectivity index (χ0v) is 24.6. The fourth-order valence-electron chi connectivity index (χ4n) is 4.24. The normalized spacial score (nSPS) is 11.9. The third-order valence-electron chi connectivity index (χ3n) is 6.46. The van der Waals surface area contributed by atoms with Crippen molar-refractivity contribution in [3.05, 3.63) is 89.4 Å². The van der Waals surface area contributed by atoms with E-state index in [4.69, 9.17) is 16.3 Å². The van der Waals surface area contributed by atoms with Crippen molar-refractivity contribution in [2.24, 2.45) is 0 Å². The van der Waals surface area contributed by atoms with E-state index in [9.17, 15) is 18.0 Å². The van der Waals surface area contributed by atoms with E-state index < -0.39 is 28.5 Å². The highest BCUT2D eigenvalue weighted by molar-refractivity contribution is 7.92. The van der Waals surface area contributed by atoms with E-state index in [-0.39, 0.29) is 28.1 Å². The van der Waals surface area contributed by atoms with Crippen molar-refractivity contribution in [2.45, 2.75) is 50.6 Å². The van der Waals surface area contributed by atoms with E-state index in [2.05, 4.69) is 5.32 Å². The molecule has 2 amide bonds. The minimum atomic E-state index is -4.17. The van der Waals surface area contributed by atoms with Gasteiger partial charge in [-0.15, -0.1) is 0 Å². The SMILES string of the molecule is CCCCNC(=O)[C@H](CC)N(Cc1ccc(OC)cc1)C(=O)CN(c1ccccc1Cl)S(=O)(=O)c1ccccc1. The summed E-state index contributed by atoms with van der Waals surface area (Å²) in [5.74, 6) is -0.161. The van der Waals surface area contributed by atoms with E-state index >= 15 is 0 Å². The van der Waals surface area contributed by atoms with Gasteiger partial charge in [0.05, 0.1) is 22.7 Å². The lowest BCUT2D eigenvalue weighted by atomic mass is 10.1. The Balaban J connectivity index is 2.03. The zero-order chi connectivity index (χ0) is 29.1. The van der Waals surface area contributed by atoms with Crippen LogP contribution in [0.4, 0.5) is 5.69 Å². The van der Waals surface area contributed by atoms with Gasteiger partial charge in [-0.2, -0.15) is 0 Å². The molecular weight excluding hydrogens is 550 g/mol. The van der Waals surface area contributed by atoms with E-state index in [1.54, 1.807) is 61.7 Å². The molecular formula is C30H36ClN3O5S. The van der Waals surface area contributed by atoms with Crippen molar-refractivity contribution in [2.75, 3.05) is 24.5 Å². The molecule has 0 saturated heterocycles. The standard InChI is InChI=1S/C30H36ClN3O5S/c1-4-6-20-32-30(36)27(5-2)33(21-23-16-18-24(39-3)19-17-23)29(35)22-34(28-15-11-10-14-26(28)31)40(37,38)25-12-8-7-9-13-25/h7-19,27H,4-6,20-22H2,1-3H3,(H,32,36)/t27-/m0/s1. The minimum Gasteiger partial charge on any atom is -0.497 e. The van der Waals surface area contributed by atoms with Crippen LogP contribution >= 0.6 is 11.6 Å². The monoisotopic (exact) mass is 585 g/mol. The van der Waals surface area contributed by atoms with Gasteiger partial charge < -0.3 is 15.0 Å². The van der Waals surface area contributed by atoms with Crippen LogP contribution in [0.1, 0.15) is 38.7 Å². The van der Waals surface area contributed by atoms with Crippen LogP contribution in [0.5, 0.6) is 5.75 Å². The third-order valence-corrected chi connectivity index (χ3v) is 8.55. The molecule has 0 spiro atoms. The fraction of sp³-hybridized carbons (Fsp3) is 0.333. The lowest BCUT2D eigenvalue weighted by molar-refractivity contribution is -0.140. The highest BCUT2D eigenvalue weighted by Gasteiger charge is 2.34. The number of carbonyl (C=O) groups is 2. The van der Waals surface area contributed by atoms with Gasteiger partial charge in [-0.05, 0) is 54.8 Å². The maximum atomic E-state index is 14.1. The number of amides is 2. The van der Waals surface area contributed by atoms with Crippen molar-refractivity contribution in [3.8, 4) is 5.75 Å². The number of unbranched alkanes of at least 4 members (excludes halogenated alkanes) is 1. The second-order valence-electron chi connectivity index (χ2n) is 9.21. The number of ether oxygens (including phenoxy) is 1. The number of anilines is 1. The molecule has 0 aromatic heterocycles. The molecule has 3 aromatic rings. The molecule has 8 nitrogen and oxygen atoms in total. The summed E-state index contributed by atoms with van der Waals surface area (Å²) in [4.78, 5) is 28.7. The summed E-state index contributed by atoms with van der Waals surface area (Å²) < 4.78 is 33.9. The molecule has 0 saturated carbocycles. The third kappa shape index (κ3) is 7.76. The van der Waals surface area contributed by atoms with Crippen molar-refractivity contribution >= 4 is 39.1 Å². The molecule has 3 aromatic carbocycles. The van der Waals surface area contributed by atoms with E-state index in [0.717, 1.165) is 22.7 Å². The average molecular weight is 586 g/mol. The topological polar surface area (TPSA) is 96.0 Å². The number of hydrogen-bond acceptors (Lipinski definition) is 5. The number of nitrogens with zero attached hydrogens (tertiary/aromatic N) is 2. The van der Waals surface area contributed by atoms with Crippen molar-refractivity contribution < 1.29 is 22.7 Å². The summed E-state index contributed by atoms with van der Waals surface area (Å²) in [6.45, 7) is 3.90. The number of rotatable bonds is 14. The Morgan fingerprint density at radius 1 is 0.950 bits per heavy atom. The predicted octanol–water partition coefficient (Wildman–Crippen LogP) is 5.27. The molecule has 0 aliphatic carbocycles. The lowest BCUT2D eigenvalue weighted by Crippen LogP contribution is -2.52. The number of para-hydroxylation sites is 1. The molecule has 10 heteroatoms. The second-order valence-corrected chi connectivity index (χ2v) is 11.5. The van der Waals surface area contributed by atoms with Gasteiger partial charge in [-0.1, -0.05) is 74.3 Å². The summed E-state index contributed by atoms with van der Waals surface area (Å²) in [6, 6.07) is 20.7. The Labute approximate surface area is 241 Å². The fourth-order valence-corrected chi connectivity index (χ4v) is 5.98. The van der Waals surface area contributed by atoms with Crippen LogP contribution in [0.3, 0.4) is 0 Å². The number of methoxy groups -OCH3 is 1. The number of nitrogens with one attached hydrogen (secondary N) is 1. The van der Waals surface area contributed by atoms with Gasteiger partial charge in [0.1, 0.15) is 18.3 Å². The van der Waals surface area contributed by atoms with Crippen molar-refractivity contribution in [1.82, 2.24) is 10.2 Å². The van der Waals surface area contributed by atoms with Crippen LogP contribution in [0.15, 0.2) is 83.8 Å². The molecule has 40 heavy (non-hydrogen) atoms. The van der Waals surface area contributed by atoms with Gasteiger partial charge in [0, 0.05) is 13.1 Å². The molecule has 0 fully saturated rings. The van der Waals surface area contributed by atoms with Gasteiger partial charge >= 0.3 is 0 Å². The Morgan fingerprint density at radius 3 is 2.20 bits per heavy atom. The highest BCUT2D eigenvalue weighted by atomic mass is 35.5. The molecule has 0 radical (unpaired) electrons. The van der Waals surface area contributed by atoms with Crippen LogP contribution in [0.2, 0.25) is 5.02 Å². The molecule has 0 aliphatic rings. The van der Waals surface area contributed by atoms with Crippen molar-refractivity contribution in [1.29, 1.82) is 0 Å². The van der Waals surface area contributed by atoms with Gasteiger partial charge in [0.2, 0.25) is 11.8 Å². The van der Waals surface area contributed by atoms with Crippen LogP contribution < -0.4 is 14.4 Å². The minimum absolute atomic E-state index is 0.0220. The van der Waals surface area contributed by atoms with Gasteiger partial charge in [-0.25, -0.2) is 8.42 Å². The number of hydrogen-bond donors (Lipinski definition) is 1. The molecule has 1 N–H and O–H groups in total. The van der Waals surface area contributed by atoms with E-state index in [1.165, 1.54) is 17.0 Å². The maximum Gasteiger partial charge on any atom is 0.264 e. The molecule has 0 aliphatic heterocycles. The number of sulfonamides is 1. The maximum absolute atomic E-state index is 14.1. The largest absolute Gasteiger partial charge is 0.497 e. The number of halogens is 1. The summed E-state index contributed by atoms with van der Waals surface area (Å²) >= 11 is 6.44. The highest BCUT2D eigenvalue weighted by Crippen LogP contribution is 2.31. The van der Waals surface area contributed by atoms with Gasteiger partial charge in [-0.3, -0.25) is 13.9 Å². The molecule has 214 valence electrons. The van der Waals surface area contributed by atoms with Crippen LogP contribution in [-0.2, 0) is 26.2 Å². The first-order valence-corrected chi connectivity index (χ1v) is 15.1. The number of carbonyl (C=O) groups excluding carboxylic acids is 2. The van der Waals surface area contributed by atoms with Crippen LogP contribution in [0.25, 0.3) is 0 Å². The zero-order valence-electron chi connectivity index (χ0n) is 23.0. The molecule has 1 atom stereocenters. The summed E-state index contributed by atoms with van der Waals surface area (Å²) in [5, 5.41) is 3.10.